The molecule has 0 aromatic heterocycles. The van der Waals surface area contributed by atoms with E-state index in [1.54, 1.807) is 18.2 Å². The molecule has 0 radical (unpaired) electrons. The predicted octanol–water partition coefficient (Wildman–Crippen LogP) is 5.74. The topological polar surface area (TPSA) is 76.7 Å². The molecule has 3 rings (SSSR count). The van der Waals surface area contributed by atoms with Crippen LogP contribution in [0, 0.1) is 6.92 Å². The molecule has 33 heavy (non-hydrogen) atoms. The molecule has 0 fully saturated rings. The monoisotopic (exact) mass is 638 g/mol. The Balaban J connectivity index is 1.47. The van der Waals surface area contributed by atoms with Crippen LogP contribution in [0.5, 0.6) is 11.5 Å². The van der Waals surface area contributed by atoms with Crippen molar-refractivity contribution in [3.05, 3.63) is 90.8 Å². The van der Waals surface area contributed by atoms with Crippen molar-refractivity contribution in [3.8, 4) is 11.5 Å². The van der Waals surface area contributed by atoms with Crippen LogP contribution in [0.1, 0.15) is 21.5 Å². The van der Waals surface area contributed by atoms with Crippen molar-refractivity contribution in [1.29, 1.82) is 0 Å². The van der Waals surface area contributed by atoms with Crippen LogP contribution in [0.4, 0.5) is 0 Å². The van der Waals surface area contributed by atoms with Crippen LogP contribution in [0.25, 0.3) is 0 Å². The van der Waals surface area contributed by atoms with Crippen LogP contribution in [0.2, 0.25) is 0 Å². The second kappa shape index (κ2) is 12.2. The minimum absolute atomic E-state index is 0.251. The molecule has 0 saturated carbocycles. The molecule has 0 atom stereocenters. The highest BCUT2D eigenvalue weighted by atomic mass is 79.9. The molecule has 9 heteroatoms. The Hall–Kier alpha value is -2.36. The Labute approximate surface area is 217 Å². The average Bonchev–Trinajstić information content (AvgIpc) is 2.78. The van der Waals surface area contributed by atoms with Crippen molar-refractivity contribution in [2.24, 2.45) is 0 Å². The summed E-state index contributed by atoms with van der Waals surface area (Å²) in [4.78, 5) is 24.5. The van der Waals surface area contributed by atoms with Crippen molar-refractivity contribution in [2.45, 2.75) is 13.3 Å². The molecule has 0 aliphatic carbocycles. The van der Waals surface area contributed by atoms with Gasteiger partial charge in [0.1, 0.15) is 11.5 Å². The van der Waals surface area contributed by atoms with Gasteiger partial charge in [-0.3, -0.25) is 20.4 Å². The number of amides is 2. The second-order valence-corrected chi connectivity index (χ2v) is 9.68. The molecule has 0 aliphatic heterocycles. The van der Waals surface area contributed by atoms with Gasteiger partial charge in [-0.2, -0.15) is 0 Å². The Bertz CT molecular complexity index is 1120. The number of halogens is 3. The SMILES string of the molecule is Cc1cc(Br)cc(Br)c1OCC(=O)NNC(=O)c1ccc(OCCc2ccccc2)c(Br)c1. The average molecular weight is 641 g/mol. The summed E-state index contributed by atoms with van der Waals surface area (Å²) in [5.41, 5.74) is 7.16. The molecule has 3 aromatic carbocycles. The van der Waals surface area contributed by atoms with E-state index in [0.717, 1.165) is 20.9 Å². The molecular formula is C24H21Br3N2O4. The first-order valence-electron chi connectivity index (χ1n) is 9.97. The minimum atomic E-state index is -0.488. The van der Waals surface area contributed by atoms with E-state index in [4.69, 9.17) is 9.47 Å². The lowest BCUT2D eigenvalue weighted by atomic mass is 10.2. The molecule has 0 unspecified atom stereocenters. The number of carbonyl (C=O) groups excluding carboxylic acids is 2. The van der Waals surface area contributed by atoms with Crippen LogP contribution < -0.4 is 20.3 Å². The molecule has 0 heterocycles. The van der Waals surface area contributed by atoms with Gasteiger partial charge in [0.25, 0.3) is 11.8 Å². The first-order chi connectivity index (χ1) is 15.8. The van der Waals surface area contributed by atoms with Crippen LogP contribution in [0.3, 0.4) is 0 Å². The first kappa shape index (κ1) is 25.3. The van der Waals surface area contributed by atoms with Crippen LogP contribution >= 0.6 is 47.8 Å². The summed E-state index contributed by atoms with van der Waals surface area (Å²) >= 11 is 10.2. The van der Waals surface area contributed by atoms with E-state index in [2.05, 4.69) is 58.6 Å². The van der Waals surface area contributed by atoms with Crippen molar-refractivity contribution in [2.75, 3.05) is 13.2 Å². The largest absolute Gasteiger partial charge is 0.492 e. The van der Waals surface area contributed by atoms with Crippen molar-refractivity contribution in [3.63, 3.8) is 0 Å². The lowest BCUT2D eigenvalue weighted by Gasteiger charge is -2.13. The van der Waals surface area contributed by atoms with Crippen molar-refractivity contribution < 1.29 is 19.1 Å². The lowest BCUT2D eigenvalue weighted by Crippen LogP contribution is -2.43. The van der Waals surface area contributed by atoms with Gasteiger partial charge in [-0.15, -0.1) is 0 Å². The number of hydrazine groups is 1. The lowest BCUT2D eigenvalue weighted by molar-refractivity contribution is -0.123. The summed E-state index contributed by atoms with van der Waals surface area (Å²) in [7, 11) is 0. The van der Waals surface area contributed by atoms with E-state index in [1.807, 2.05) is 49.4 Å². The van der Waals surface area contributed by atoms with Gasteiger partial charge < -0.3 is 9.47 Å². The fourth-order valence-corrected chi connectivity index (χ4v) is 4.97. The summed E-state index contributed by atoms with van der Waals surface area (Å²) in [6.07, 6.45) is 0.778. The zero-order valence-electron chi connectivity index (χ0n) is 17.7. The third-order valence-electron chi connectivity index (χ3n) is 4.54. The molecule has 3 aromatic rings. The Morgan fingerprint density at radius 3 is 2.33 bits per heavy atom. The fourth-order valence-electron chi connectivity index (χ4n) is 2.93. The summed E-state index contributed by atoms with van der Waals surface area (Å²) < 4.78 is 13.6. The van der Waals surface area contributed by atoms with Gasteiger partial charge in [0.05, 0.1) is 15.6 Å². The number of ether oxygens (including phenoxy) is 2. The zero-order chi connectivity index (χ0) is 23.8. The summed E-state index contributed by atoms with van der Waals surface area (Å²) in [6, 6.07) is 18.7. The number of hydrogen-bond donors (Lipinski definition) is 2. The van der Waals surface area contributed by atoms with Crippen LogP contribution in [0.15, 0.2) is 74.1 Å². The Morgan fingerprint density at radius 1 is 0.879 bits per heavy atom. The molecule has 2 N–H and O–H groups in total. The highest BCUT2D eigenvalue weighted by Crippen LogP contribution is 2.32. The molecular weight excluding hydrogens is 620 g/mol. The first-order valence-corrected chi connectivity index (χ1v) is 12.4. The fraction of sp³-hybridized carbons (Fsp3) is 0.167. The summed E-state index contributed by atoms with van der Waals surface area (Å²) in [5.74, 6) is 0.250. The number of hydrogen-bond acceptors (Lipinski definition) is 4. The van der Waals surface area contributed by atoms with Crippen LogP contribution in [-0.4, -0.2) is 25.0 Å². The van der Waals surface area contributed by atoms with E-state index in [-0.39, 0.29) is 6.61 Å². The molecule has 6 nitrogen and oxygen atoms in total. The molecule has 2 amide bonds. The maximum absolute atomic E-state index is 12.4. The third-order valence-corrected chi connectivity index (χ3v) is 6.21. The molecule has 0 aliphatic rings. The van der Waals surface area contributed by atoms with Gasteiger partial charge in [-0.1, -0.05) is 46.3 Å². The number of aryl methyl sites for hydroxylation is 1. The van der Waals surface area contributed by atoms with E-state index in [0.29, 0.717) is 28.1 Å². The normalized spacial score (nSPS) is 10.4. The minimum Gasteiger partial charge on any atom is -0.492 e. The zero-order valence-corrected chi connectivity index (χ0v) is 22.4. The Kier molecular flexibility index (Phi) is 9.34. The van der Waals surface area contributed by atoms with Gasteiger partial charge in [0, 0.05) is 16.5 Å². The number of carbonyl (C=O) groups is 2. The second-order valence-electron chi connectivity index (χ2n) is 7.05. The van der Waals surface area contributed by atoms with Crippen molar-refractivity contribution in [1.82, 2.24) is 10.9 Å². The highest BCUT2D eigenvalue weighted by molar-refractivity contribution is 9.11. The number of nitrogens with one attached hydrogen (secondary N) is 2. The highest BCUT2D eigenvalue weighted by Gasteiger charge is 2.13. The standard InChI is InChI=1S/C24H21Br3N2O4/c1-15-11-18(25)13-20(27)23(15)33-14-22(30)28-29-24(31)17-7-8-21(19(26)12-17)32-10-9-16-5-3-2-4-6-16/h2-8,11-13H,9-10,14H2,1H3,(H,28,30)(H,29,31). The Morgan fingerprint density at radius 2 is 1.64 bits per heavy atom. The summed E-state index contributed by atoms with van der Waals surface area (Å²) in [6.45, 7) is 2.13. The van der Waals surface area contributed by atoms with E-state index < -0.39 is 11.8 Å². The quantitative estimate of drug-likeness (QED) is 0.308. The van der Waals surface area contributed by atoms with E-state index in [1.165, 1.54) is 5.56 Å². The maximum Gasteiger partial charge on any atom is 0.276 e. The smallest absolute Gasteiger partial charge is 0.276 e. The van der Waals surface area contributed by atoms with Crippen LogP contribution in [-0.2, 0) is 11.2 Å². The van der Waals surface area contributed by atoms with E-state index >= 15 is 0 Å². The molecule has 0 spiro atoms. The summed E-state index contributed by atoms with van der Waals surface area (Å²) in [5, 5.41) is 0. The van der Waals surface area contributed by atoms with Gasteiger partial charge in [0.15, 0.2) is 6.61 Å². The number of benzene rings is 3. The van der Waals surface area contributed by atoms with E-state index in [9.17, 15) is 9.59 Å². The van der Waals surface area contributed by atoms with Gasteiger partial charge in [-0.05, 0) is 80.2 Å². The van der Waals surface area contributed by atoms with Gasteiger partial charge in [0.2, 0.25) is 0 Å². The number of rotatable bonds is 8. The van der Waals surface area contributed by atoms with Gasteiger partial charge in [-0.25, -0.2) is 0 Å². The third kappa shape index (κ3) is 7.58. The van der Waals surface area contributed by atoms with Gasteiger partial charge >= 0.3 is 0 Å². The van der Waals surface area contributed by atoms with Crippen molar-refractivity contribution >= 4 is 59.6 Å². The molecule has 0 bridgehead atoms. The predicted molar refractivity (Wildman–Crippen MR) is 137 cm³/mol. The molecule has 172 valence electrons. The molecule has 0 saturated heterocycles. The maximum atomic E-state index is 12.4.